The Morgan fingerprint density at radius 2 is 1.78 bits per heavy atom. The summed E-state index contributed by atoms with van der Waals surface area (Å²) in [5.74, 6) is 0.608. The molecule has 1 amide bonds. The number of nitrogens with one attached hydrogen (secondary N) is 2. The molecule has 5 heteroatoms. The van der Waals surface area contributed by atoms with E-state index in [0.717, 1.165) is 34.5 Å². The third-order valence-corrected chi connectivity index (χ3v) is 4.72. The van der Waals surface area contributed by atoms with E-state index in [-0.39, 0.29) is 5.91 Å². The number of carbonyl (C=O) groups is 1. The van der Waals surface area contributed by atoms with Crippen LogP contribution in [0.5, 0.6) is 0 Å². The molecule has 4 rings (SSSR count). The van der Waals surface area contributed by atoms with Gasteiger partial charge in [-0.15, -0.1) is 0 Å². The summed E-state index contributed by atoms with van der Waals surface area (Å²) in [7, 11) is 0. The molecule has 27 heavy (non-hydrogen) atoms. The zero-order valence-corrected chi connectivity index (χ0v) is 15.5. The minimum Gasteiger partial charge on any atom is -0.338 e. The molecule has 2 N–H and O–H groups in total. The number of H-pyrrole nitrogens is 1. The van der Waals surface area contributed by atoms with Crippen LogP contribution in [0.15, 0.2) is 66.7 Å². The monoisotopic (exact) mass is 375 g/mol. The lowest BCUT2D eigenvalue weighted by Gasteiger charge is -2.06. The van der Waals surface area contributed by atoms with Crippen LogP contribution in [0.4, 0.5) is 5.69 Å². The molecule has 0 saturated heterocycles. The smallest absolute Gasteiger partial charge is 0.255 e. The molecule has 1 aromatic heterocycles. The number of aromatic amines is 1. The number of imidazole rings is 1. The van der Waals surface area contributed by atoms with Crippen molar-refractivity contribution in [1.82, 2.24) is 9.97 Å². The van der Waals surface area contributed by atoms with Crippen molar-refractivity contribution in [1.29, 1.82) is 0 Å². The van der Waals surface area contributed by atoms with Crippen molar-refractivity contribution < 1.29 is 4.79 Å². The van der Waals surface area contributed by atoms with Gasteiger partial charge in [0.05, 0.1) is 11.0 Å². The van der Waals surface area contributed by atoms with Crippen LogP contribution in [0, 0.1) is 0 Å². The number of aromatic nitrogens is 2. The van der Waals surface area contributed by atoms with E-state index in [1.165, 1.54) is 5.56 Å². The van der Waals surface area contributed by atoms with Crippen molar-refractivity contribution >= 4 is 34.2 Å². The summed E-state index contributed by atoms with van der Waals surface area (Å²) in [5, 5.41) is 3.58. The molecule has 0 unspecified atom stereocenters. The van der Waals surface area contributed by atoms with Gasteiger partial charge in [-0.1, -0.05) is 42.8 Å². The highest BCUT2D eigenvalue weighted by Crippen LogP contribution is 2.23. The Bertz CT molecular complexity index is 1100. The van der Waals surface area contributed by atoms with Crippen LogP contribution in [0.25, 0.3) is 22.4 Å². The number of nitrogens with zero attached hydrogens (tertiary/aromatic N) is 1. The van der Waals surface area contributed by atoms with Crippen LogP contribution in [0.3, 0.4) is 0 Å². The zero-order chi connectivity index (χ0) is 18.8. The number of amides is 1. The van der Waals surface area contributed by atoms with E-state index in [1.54, 1.807) is 12.1 Å². The standard InChI is InChI=1S/C22H18ClN3O/c1-2-14-3-10-18(11-4-14)24-22(27)16-7-5-15(6-8-16)21-25-19-12-9-17(23)13-20(19)26-21/h3-13H,2H2,1H3,(H,24,27)(H,25,26). The van der Waals surface area contributed by atoms with Gasteiger partial charge in [-0.05, 0) is 54.4 Å². The predicted molar refractivity (Wildman–Crippen MR) is 110 cm³/mol. The molecule has 0 atom stereocenters. The molecule has 134 valence electrons. The molecule has 0 radical (unpaired) electrons. The van der Waals surface area contributed by atoms with Gasteiger partial charge < -0.3 is 10.3 Å². The van der Waals surface area contributed by atoms with Crippen LogP contribution < -0.4 is 5.32 Å². The number of carbonyl (C=O) groups excluding carboxylic acids is 1. The first-order valence-corrected chi connectivity index (χ1v) is 9.16. The van der Waals surface area contributed by atoms with Crippen LogP contribution in [-0.4, -0.2) is 15.9 Å². The number of halogens is 1. The molecule has 0 fully saturated rings. The van der Waals surface area contributed by atoms with Gasteiger partial charge in [0.25, 0.3) is 5.91 Å². The number of benzene rings is 3. The normalized spacial score (nSPS) is 10.9. The minimum atomic E-state index is -0.137. The van der Waals surface area contributed by atoms with Crippen LogP contribution >= 0.6 is 11.6 Å². The summed E-state index contributed by atoms with van der Waals surface area (Å²) in [6, 6.07) is 20.8. The number of anilines is 1. The van der Waals surface area contributed by atoms with Gasteiger partial charge in [-0.25, -0.2) is 4.98 Å². The van der Waals surface area contributed by atoms with Crippen molar-refractivity contribution in [2.24, 2.45) is 0 Å². The van der Waals surface area contributed by atoms with E-state index in [1.807, 2.05) is 54.6 Å². The third kappa shape index (κ3) is 3.71. The van der Waals surface area contributed by atoms with E-state index >= 15 is 0 Å². The molecule has 0 aliphatic carbocycles. The van der Waals surface area contributed by atoms with E-state index < -0.39 is 0 Å². The Hall–Kier alpha value is -3.11. The van der Waals surface area contributed by atoms with Gasteiger partial charge in [0.15, 0.2) is 0 Å². The lowest BCUT2D eigenvalue weighted by atomic mass is 10.1. The van der Waals surface area contributed by atoms with Crippen molar-refractivity contribution in [2.75, 3.05) is 5.32 Å². The lowest BCUT2D eigenvalue weighted by Crippen LogP contribution is -2.11. The molecule has 0 aliphatic heterocycles. The molecule has 4 aromatic rings. The van der Waals surface area contributed by atoms with Gasteiger partial charge in [-0.2, -0.15) is 0 Å². The molecule has 0 bridgehead atoms. The fourth-order valence-electron chi connectivity index (χ4n) is 2.93. The highest BCUT2D eigenvalue weighted by atomic mass is 35.5. The highest BCUT2D eigenvalue weighted by Gasteiger charge is 2.09. The second kappa shape index (κ2) is 7.25. The maximum absolute atomic E-state index is 12.4. The minimum absolute atomic E-state index is 0.137. The zero-order valence-electron chi connectivity index (χ0n) is 14.8. The fourth-order valence-corrected chi connectivity index (χ4v) is 3.10. The Labute approximate surface area is 162 Å². The summed E-state index contributed by atoms with van der Waals surface area (Å²) in [6.45, 7) is 2.10. The Morgan fingerprint density at radius 1 is 1.04 bits per heavy atom. The number of fused-ring (bicyclic) bond motifs is 1. The van der Waals surface area contributed by atoms with E-state index in [4.69, 9.17) is 11.6 Å². The Balaban J connectivity index is 1.52. The number of hydrogen-bond donors (Lipinski definition) is 2. The van der Waals surface area contributed by atoms with Gasteiger partial charge in [0, 0.05) is 21.8 Å². The average molecular weight is 376 g/mol. The van der Waals surface area contributed by atoms with E-state index in [0.29, 0.717) is 10.6 Å². The fraction of sp³-hybridized carbons (Fsp3) is 0.0909. The average Bonchev–Trinajstić information content (AvgIpc) is 3.12. The van der Waals surface area contributed by atoms with E-state index in [9.17, 15) is 4.79 Å². The number of aryl methyl sites for hydroxylation is 1. The highest BCUT2D eigenvalue weighted by molar-refractivity contribution is 6.31. The van der Waals surface area contributed by atoms with Gasteiger partial charge in [0.1, 0.15) is 5.82 Å². The van der Waals surface area contributed by atoms with Crippen molar-refractivity contribution in [3.05, 3.63) is 82.9 Å². The van der Waals surface area contributed by atoms with Gasteiger partial charge in [-0.3, -0.25) is 4.79 Å². The summed E-state index contributed by atoms with van der Waals surface area (Å²) >= 11 is 6.02. The molecular weight excluding hydrogens is 358 g/mol. The van der Waals surface area contributed by atoms with Crippen molar-refractivity contribution in [3.8, 4) is 11.4 Å². The second-order valence-electron chi connectivity index (χ2n) is 6.33. The maximum Gasteiger partial charge on any atom is 0.255 e. The molecular formula is C22H18ClN3O. The molecule has 0 saturated carbocycles. The van der Waals surface area contributed by atoms with Crippen LogP contribution in [0.1, 0.15) is 22.8 Å². The summed E-state index contributed by atoms with van der Waals surface area (Å²) < 4.78 is 0. The quantitative estimate of drug-likeness (QED) is 0.480. The summed E-state index contributed by atoms with van der Waals surface area (Å²) in [5.41, 5.74) is 5.27. The molecule has 1 heterocycles. The van der Waals surface area contributed by atoms with Gasteiger partial charge in [0.2, 0.25) is 0 Å². The number of rotatable bonds is 4. The molecule has 0 aliphatic rings. The first kappa shape index (κ1) is 17.3. The summed E-state index contributed by atoms with van der Waals surface area (Å²) in [4.78, 5) is 20.3. The lowest BCUT2D eigenvalue weighted by molar-refractivity contribution is 0.102. The van der Waals surface area contributed by atoms with Gasteiger partial charge >= 0.3 is 0 Å². The maximum atomic E-state index is 12.4. The molecule has 4 nitrogen and oxygen atoms in total. The predicted octanol–water partition coefficient (Wildman–Crippen LogP) is 5.70. The first-order valence-electron chi connectivity index (χ1n) is 8.78. The topological polar surface area (TPSA) is 57.8 Å². The first-order chi connectivity index (χ1) is 13.1. The van der Waals surface area contributed by atoms with Crippen molar-refractivity contribution in [3.63, 3.8) is 0 Å². The largest absolute Gasteiger partial charge is 0.338 e. The second-order valence-corrected chi connectivity index (χ2v) is 6.77. The summed E-state index contributed by atoms with van der Waals surface area (Å²) in [6.07, 6.45) is 0.976. The Kier molecular flexibility index (Phi) is 4.65. The van der Waals surface area contributed by atoms with Crippen molar-refractivity contribution in [2.45, 2.75) is 13.3 Å². The van der Waals surface area contributed by atoms with E-state index in [2.05, 4.69) is 22.2 Å². The number of hydrogen-bond acceptors (Lipinski definition) is 2. The third-order valence-electron chi connectivity index (χ3n) is 4.48. The SMILES string of the molecule is CCc1ccc(NC(=O)c2ccc(-c3nc4ccc(Cl)cc4[nH]3)cc2)cc1. The van der Waals surface area contributed by atoms with Crippen LogP contribution in [0.2, 0.25) is 5.02 Å². The molecule has 3 aromatic carbocycles. The van der Waals surface area contributed by atoms with Crippen LogP contribution in [-0.2, 0) is 6.42 Å². The Morgan fingerprint density at radius 3 is 2.48 bits per heavy atom. The molecule has 0 spiro atoms.